The molecule has 1 aliphatic heterocycles. The quantitative estimate of drug-likeness (QED) is 0.924. The highest BCUT2D eigenvalue weighted by Gasteiger charge is 2.39. The highest BCUT2D eigenvalue weighted by Crippen LogP contribution is 2.33. The number of urea groups is 1. The summed E-state index contributed by atoms with van der Waals surface area (Å²) in [5.41, 5.74) is 0.690. The van der Waals surface area contributed by atoms with Gasteiger partial charge < -0.3 is 9.64 Å². The van der Waals surface area contributed by atoms with Crippen molar-refractivity contribution in [3.05, 3.63) is 47.8 Å². The van der Waals surface area contributed by atoms with Crippen molar-refractivity contribution in [2.24, 2.45) is 0 Å². The normalized spacial score (nSPS) is 19.7. The number of hydrogen-bond donors (Lipinski definition) is 1. The molecule has 1 saturated heterocycles. The number of nitrogens with zero attached hydrogens (tertiary/aromatic N) is 3. The Labute approximate surface area is 146 Å². The third-order valence-corrected chi connectivity index (χ3v) is 4.58. The highest BCUT2D eigenvalue weighted by molar-refractivity contribution is 5.89. The number of amides is 2. The zero-order chi connectivity index (χ0) is 17.9. The van der Waals surface area contributed by atoms with Crippen LogP contribution in [0.2, 0.25) is 0 Å². The SMILES string of the molecule is COc1ccc(NC(=O)N2CCC[C@@]2(C)Cc2ccc(F)cc2)nn1. The van der Waals surface area contributed by atoms with Gasteiger partial charge in [0.15, 0.2) is 5.82 Å². The number of anilines is 1. The standard InChI is InChI=1S/C18H21FN4O2/c1-18(12-13-4-6-14(19)7-5-13)10-3-11-23(18)17(24)20-15-8-9-16(25-2)22-21-15/h4-9H,3,10-12H2,1-2H3,(H,20,21,24)/t18-/m0/s1. The van der Waals surface area contributed by atoms with Crippen molar-refractivity contribution in [1.29, 1.82) is 0 Å². The third-order valence-electron chi connectivity index (χ3n) is 4.58. The molecule has 7 heteroatoms. The molecule has 0 aliphatic carbocycles. The number of likely N-dealkylation sites (tertiary alicyclic amines) is 1. The number of methoxy groups -OCH3 is 1. The van der Waals surface area contributed by atoms with Gasteiger partial charge in [-0.3, -0.25) is 5.32 Å². The molecule has 3 rings (SSSR count). The average molecular weight is 344 g/mol. The topological polar surface area (TPSA) is 67.3 Å². The molecule has 2 aromatic rings. The van der Waals surface area contributed by atoms with Gasteiger partial charge in [0.1, 0.15) is 5.82 Å². The lowest BCUT2D eigenvalue weighted by atomic mass is 9.90. The van der Waals surface area contributed by atoms with Gasteiger partial charge in [-0.1, -0.05) is 12.1 Å². The predicted octanol–water partition coefficient (Wildman–Crippen LogP) is 3.25. The van der Waals surface area contributed by atoms with Gasteiger partial charge in [0, 0.05) is 18.2 Å². The summed E-state index contributed by atoms with van der Waals surface area (Å²) in [4.78, 5) is 14.5. The second-order valence-electron chi connectivity index (χ2n) is 6.45. The fourth-order valence-electron chi connectivity index (χ4n) is 3.27. The second-order valence-corrected chi connectivity index (χ2v) is 6.45. The lowest BCUT2D eigenvalue weighted by Gasteiger charge is -2.35. The summed E-state index contributed by atoms with van der Waals surface area (Å²) < 4.78 is 18.1. The number of halogens is 1. The number of nitrogens with one attached hydrogen (secondary N) is 1. The molecule has 25 heavy (non-hydrogen) atoms. The molecule has 0 radical (unpaired) electrons. The van der Waals surface area contributed by atoms with E-state index in [0.29, 0.717) is 24.7 Å². The maximum Gasteiger partial charge on any atom is 0.323 e. The van der Waals surface area contributed by atoms with Crippen LogP contribution in [-0.4, -0.2) is 40.3 Å². The van der Waals surface area contributed by atoms with Gasteiger partial charge in [0.05, 0.1) is 7.11 Å². The molecule has 1 atom stereocenters. The van der Waals surface area contributed by atoms with Crippen molar-refractivity contribution in [3.8, 4) is 5.88 Å². The largest absolute Gasteiger partial charge is 0.480 e. The minimum Gasteiger partial charge on any atom is -0.480 e. The van der Waals surface area contributed by atoms with Gasteiger partial charge in [-0.2, -0.15) is 0 Å². The maximum absolute atomic E-state index is 13.1. The minimum absolute atomic E-state index is 0.207. The van der Waals surface area contributed by atoms with Crippen LogP contribution in [0.25, 0.3) is 0 Å². The fraction of sp³-hybridized carbons (Fsp3) is 0.389. The van der Waals surface area contributed by atoms with E-state index in [9.17, 15) is 9.18 Å². The molecule has 0 unspecified atom stereocenters. The van der Waals surface area contributed by atoms with Crippen molar-refractivity contribution in [2.75, 3.05) is 19.0 Å². The van der Waals surface area contributed by atoms with Gasteiger partial charge in [-0.05, 0) is 49.9 Å². The number of rotatable bonds is 4. The molecule has 1 fully saturated rings. The lowest BCUT2D eigenvalue weighted by molar-refractivity contribution is 0.167. The van der Waals surface area contributed by atoms with Gasteiger partial charge in [0.2, 0.25) is 5.88 Å². The number of hydrogen-bond acceptors (Lipinski definition) is 4. The zero-order valence-corrected chi connectivity index (χ0v) is 14.3. The van der Waals surface area contributed by atoms with Crippen LogP contribution in [0.1, 0.15) is 25.3 Å². The van der Waals surface area contributed by atoms with E-state index in [0.717, 1.165) is 18.4 Å². The summed E-state index contributed by atoms with van der Waals surface area (Å²) in [6.45, 7) is 2.73. The van der Waals surface area contributed by atoms with Gasteiger partial charge in [-0.15, -0.1) is 10.2 Å². The minimum atomic E-state index is -0.318. The van der Waals surface area contributed by atoms with Crippen LogP contribution < -0.4 is 10.1 Å². The Bertz CT molecular complexity index is 736. The van der Waals surface area contributed by atoms with Crippen LogP contribution in [0.15, 0.2) is 36.4 Å². The number of ether oxygens (including phenoxy) is 1. The van der Waals surface area contributed by atoms with E-state index in [4.69, 9.17) is 4.74 Å². The van der Waals surface area contributed by atoms with Gasteiger partial charge >= 0.3 is 6.03 Å². The second kappa shape index (κ2) is 7.04. The highest BCUT2D eigenvalue weighted by atomic mass is 19.1. The Kier molecular flexibility index (Phi) is 4.83. The maximum atomic E-state index is 13.1. The van der Waals surface area contributed by atoms with Crippen molar-refractivity contribution >= 4 is 11.8 Å². The molecule has 0 bridgehead atoms. The number of aromatic nitrogens is 2. The van der Waals surface area contributed by atoms with Crippen molar-refractivity contribution < 1.29 is 13.9 Å². The van der Waals surface area contributed by atoms with Crippen LogP contribution >= 0.6 is 0 Å². The Hall–Kier alpha value is -2.70. The molecule has 0 saturated carbocycles. The number of carbonyl (C=O) groups excluding carboxylic acids is 1. The summed E-state index contributed by atoms with van der Waals surface area (Å²) in [5, 5.41) is 10.6. The first-order chi connectivity index (χ1) is 12.0. The molecule has 6 nitrogen and oxygen atoms in total. The van der Waals surface area contributed by atoms with E-state index in [2.05, 4.69) is 22.4 Å². The fourth-order valence-corrected chi connectivity index (χ4v) is 3.27. The molecular weight excluding hydrogens is 323 g/mol. The van der Waals surface area contributed by atoms with E-state index in [1.165, 1.54) is 19.2 Å². The molecule has 1 N–H and O–H groups in total. The first-order valence-corrected chi connectivity index (χ1v) is 8.21. The molecule has 1 aliphatic rings. The van der Waals surface area contributed by atoms with E-state index in [1.54, 1.807) is 24.3 Å². The Morgan fingerprint density at radius 1 is 1.28 bits per heavy atom. The smallest absolute Gasteiger partial charge is 0.323 e. The summed E-state index contributed by atoms with van der Waals surface area (Å²) in [6.07, 6.45) is 2.50. The number of carbonyl (C=O) groups is 1. The number of benzene rings is 1. The average Bonchev–Trinajstić information content (AvgIpc) is 2.99. The Balaban J connectivity index is 1.70. The first-order valence-electron chi connectivity index (χ1n) is 8.21. The van der Waals surface area contributed by atoms with Gasteiger partial charge in [-0.25, -0.2) is 9.18 Å². The van der Waals surface area contributed by atoms with Crippen molar-refractivity contribution in [3.63, 3.8) is 0 Å². The summed E-state index contributed by atoms with van der Waals surface area (Å²) in [5.74, 6) is 0.509. The van der Waals surface area contributed by atoms with E-state index in [-0.39, 0.29) is 17.4 Å². The van der Waals surface area contributed by atoms with Crippen molar-refractivity contribution in [2.45, 2.75) is 31.7 Å². The van der Waals surface area contributed by atoms with Crippen LogP contribution in [0.3, 0.4) is 0 Å². The van der Waals surface area contributed by atoms with Crippen LogP contribution in [0.4, 0.5) is 15.0 Å². The van der Waals surface area contributed by atoms with E-state index >= 15 is 0 Å². The van der Waals surface area contributed by atoms with Crippen molar-refractivity contribution in [1.82, 2.24) is 15.1 Å². The molecule has 0 spiro atoms. The Morgan fingerprint density at radius 3 is 2.68 bits per heavy atom. The molecule has 2 heterocycles. The van der Waals surface area contributed by atoms with Gasteiger partial charge in [0.25, 0.3) is 0 Å². The molecule has 132 valence electrons. The third kappa shape index (κ3) is 3.87. The summed E-state index contributed by atoms with van der Waals surface area (Å²) >= 11 is 0. The molecule has 1 aromatic heterocycles. The summed E-state index contributed by atoms with van der Waals surface area (Å²) in [7, 11) is 1.51. The zero-order valence-electron chi connectivity index (χ0n) is 14.3. The molecular formula is C18H21FN4O2. The summed E-state index contributed by atoms with van der Waals surface area (Å²) in [6, 6.07) is 9.52. The van der Waals surface area contributed by atoms with E-state index in [1.807, 2.05) is 4.90 Å². The first kappa shape index (κ1) is 17.1. The van der Waals surface area contributed by atoms with E-state index < -0.39 is 0 Å². The predicted molar refractivity (Wildman–Crippen MR) is 92.1 cm³/mol. The molecule has 1 aromatic carbocycles. The van der Waals surface area contributed by atoms with Crippen LogP contribution in [-0.2, 0) is 6.42 Å². The monoisotopic (exact) mass is 344 g/mol. The van der Waals surface area contributed by atoms with Crippen LogP contribution in [0.5, 0.6) is 5.88 Å². The molecule has 2 amide bonds. The van der Waals surface area contributed by atoms with Crippen LogP contribution in [0, 0.1) is 5.82 Å². The Morgan fingerprint density at radius 2 is 2.04 bits per heavy atom. The lowest BCUT2D eigenvalue weighted by Crippen LogP contribution is -2.48.